The van der Waals surface area contributed by atoms with Crippen molar-refractivity contribution in [2.24, 2.45) is 5.73 Å². The molecule has 0 radical (unpaired) electrons. The molecule has 4 heteroatoms. The molecule has 0 spiro atoms. The average Bonchev–Trinajstić information content (AvgIpc) is 2.53. The van der Waals surface area contributed by atoms with Crippen molar-refractivity contribution in [2.75, 3.05) is 5.75 Å². The van der Waals surface area contributed by atoms with Crippen LogP contribution in [0.1, 0.15) is 45.9 Å². The normalized spacial score (nSPS) is 14.8. The maximum absolute atomic E-state index is 13.3. The van der Waals surface area contributed by atoms with E-state index >= 15 is 0 Å². The third-order valence-electron chi connectivity index (χ3n) is 5.33. The second-order valence-electron chi connectivity index (χ2n) is 6.97. The van der Waals surface area contributed by atoms with Crippen LogP contribution >= 0.6 is 0 Å². The monoisotopic (exact) mass is 357 g/mol. The van der Waals surface area contributed by atoms with E-state index in [2.05, 4.69) is 32.9 Å². The highest BCUT2D eigenvalue weighted by Gasteiger charge is 2.38. The van der Waals surface area contributed by atoms with E-state index in [4.69, 9.17) is 5.73 Å². The molecule has 2 aromatic rings. The summed E-state index contributed by atoms with van der Waals surface area (Å²) in [6, 6.07) is 10.2. The summed E-state index contributed by atoms with van der Waals surface area (Å²) in [5.74, 6) is -0.703. The Kier molecular flexibility index (Phi) is 5.52. The van der Waals surface area contributed by atoms with Crippen LogP contribution in [-0.4, -0.2) is 15.9 Å². The van der Waals surface area contributed by atoms with Gasteiger partial charge >= 0.3 is 0 Å². The van der Waals surface area contributed by atoms with Crippen LogP contribution < -0.4 is 5.73 Å². The fourth-order valence-corrected chi connectivity index (χ4v) is 4.66. The number of nitrogens with two attached hydrogens (primary N) is 1. The molecule has 0 aliphatic heterocycles. The lowest BCUT2D eigenvalue weighted by Crippen LogP contribution is -2.36. The van der Waals surface area contributed by atoms with E-state index in [0.717, 1.165) is 33.4 Å². The number of carbonyl (C=O) groups excluding carboxylic acids is 1. The predicted molar refractivity (Wildman–Crippen MR) is 105 cm³/mol. The molecule has 0 fully saturated rings. The molecule has 0 aliphatic carbocycles. The van der Waals surface area contributed by atoms with Crippen molar-refractivity contribution < 1.29 is 9.00 Å². The second kappa shape index (κ2) is 7.12. The lowest BCUT2D eigenvalue weighted by molar-refractivity contribution is -0.115. The fourth-order valence-electron chi connectivity index (χ4n) is 3.26. The first-order valence-corrected chi connectivity index (χ1v) is 9.72. The number of primary amides is 1. The molecule has 2 N–H and O–H groups in total. The second-order valence-corrected chi connectivity index (χ2v) is 8.77. The van der Waals surface area contributed by atoms with Crippen molar-refractivity contribution >= 4 is 16.7 Å². The number of hydrogen-bond acceptors (Lipinski definition) is 2. The topological polar surface area (TPSA) is 60.2 Å². The number of rotatable bonds is 5. The summed E-state index contributed by atoms with van der Waals surface area (Å²) in [6.07, 6.45) is 0. The predicted octanol–water partition coefficient (Wildman–Crippen LogP) is 3.73. The van der Waals surface area contributed by atoms with E-state index < -0.39 is 21.5 Å². The van der Waals surface area contributed by atoms with Gasteiger partial charge in [-0.3, -0.25) is 9.00 Å². The first-order valence-electron chi connectivity index (χ1n) is 8.40. The number of carbonyl (C=O) groups is 1. The van der Waals surface area contributed by atoms with E-state index in [9.17, 15) is 9.00 Å². The van der Waals surface area contributed by atoms with E-state index in [1.807, 2.05) is 39.0 Å². The van der Waals surface area contributed by atoms with Crippen molar-refractivity contribution in [3.8, 4) is 0 Å². The lowest BCUT2D eigenvalue weighted by atomic mass is 9.85. The smallest absolute Gasteiger partial charge is 0.230 e. The molecule has 2 atom stereocenters. The molecule has 0 aromatic heterocycles. The molecule has 0 aliphatic rings. The van der Waals surface area contributed by atoms with Gasteiger partial charge in [0.15, 0.2) is 0 Å². The van der Waals surface area contributed by atoms with Crippen LogP contribution in [-0.2, 0) is 20.3 Å². The van der Waals surface area contributed by atoms with Gasteiger partial charge in [0.05, 0.1) is 4.75 Å². The standard InChI is InChI=1S/C21H27NO2S/c1-13-8-7-9-19(17(13)5)21(6,25(24)12-20(22)23)18-10-14(2)16(4)15(3)11-18/h7-11H,12H2,1-6H3,(H2,22,23)/t21?,25-/m1/s1. The Bertz CT molecular complexity index is 834. The Hall–Kier alpha value is -1.94. The Balaban J connectivity index is 2.80. The van der Waals surface area contributed by atoms with Gasteiger partial charge in [0.2, 0.25) is 5.91 Å². The summed E-state index contributed by atoms with van der Waals surface area (Å²) in [7, 11) is -1.47. The van der Waals surface area contributed by atoms with Crippen LogP contribution in [0.25, 0.3) is 0 Å². The van der Waals surface area contributed by atoms with Gasteiger partial charge in [-0.2, -0.15) is 0 Å². The molecule has 134 valence electrons. The molecular weight excluding hydrogens is 330 g/mol. The van der Waals surface area contributed by atoms with Crippen molar-refractivity contribution in [3.63, 3.8) is 0 Å². The molecule has 1 unspecified atom stereocenters. The quantitative estimate of drug-likeness (QED) is 0.886. The maximum Gasteiger partial charge on any atom is 0.230 e. The Morgan fingerprint density at radius 3 is 2.08 bits per heavy atom. The lowest BCUT2D eigenvalue weighted by Gasteiger charge is -2.32. The van der Waals surface area contributed by atoms with Gasteiger partial charge in [-0.05, 0) is 80.5 Å². The molecule has 0 heterocycles. The zero-order valence-electron chi connectivity index (χ0n) is 15.9. The Labute approximate surface area is 153 Å². The van der Waals surface area contributed by atoms with Gasteiger partial charge in [0, 0.05) is 10.8 Å². The van der Waals surface area contributed by atoms with Crippen LogP contribution in [0.3, 0.4) is 0 Å². The minimum absolute atomic E-state index is 0.157. The van der Waals surface area contributed by atoms with Crippen LogP contribution in [0.5, 0.6) is 0 Å². The number of amides is 1. The van der Waals surface area contributed by atoms with Crippen molar-refractivity contribution in [2.45, 2.75) is 46.3 Å². The maximum atomic E-state index is 13.3. The fraction of sp³-hybridized carbons (Fsp3) is 0.381. The van der Waals surface area contributed by atoms with E-state index in [0.29, 0.717) is 0 Å². The van der Waals surface area contributed by atoms with Crippen LogP contribution in [0.15, 0.2) is 30.3 Å². The summed E-state index contributed by atoms with van der Waals surface area (Å²) in [6.45, 7) is 12.3. The Morgan fingerprint density at radius 2 is 1.56 bits per heavy atom. The van der Waals surface area contributed by atoms with Crippen LogP contribution in [0.2, 0.25) is 0 Å². The number of hydrogen-bond donors (Lipinski definition) is 1. The first-order chi connectivity index (χ1) is 11.6. The summed E-state index contributed by atoms with van der Waals surface area (Å²) < 4.78 is 12.5. The molecule has 0 saturated heterocycles. The summed E-state index contributed by atoms with van der Waals surface area (Å²) in [5, 5.41) is 0. The van der Waals surface area contributed by atoms with Crippen LogP contribution in [0, 0.1) is 34.6 Å². The Morgan fingerprint density at radius 1 is 1.00 bits per heavy atom. The minimum atomic E-state index is -1.47. The number of benzene rings is 2. The van der Waals surface area contributed by atoms with Crippen molar-refractivity contribution in [1.29, 1.82) is 0 Å². The molecule has 2 rings (SSSR count). The molecule has 1 amide bonds. The number of aryl methyl sites for hydroxylation is 3. The van der Waals surface area contributed by atoms with Gasteiger partial charge in [-0.25, -0.2) is 0 Å². The molecule has 0 saturated carbocycles. The van der Waals surface area contributed by atoms with Gasteiger partial charge in [-0.1, -0.05) is 30.3 Å². The zero-order chi connectivity index (χ0) is 18.9. The van der Waals surface area contributed by atoms with Gasteiger partial charge in [-0.15, -0.1) is 0 Å². The van der Waals surface area contributed by atoms with E-state index in [-0.39, 0.29) is 5.75 Å². The minimum Gasteiger partial charge on any atom is -0.369 e. The molecular formula is C21H27NO2S. The first kappa shape index (κ1) is 19.4. The van der Waals surface area contributed by atoms with Crippen molar-refractivity contribution in [1.82, 2.24) is 0 Å². The SMILES string of the molecule is Cc1cc(C(C)(c2cccc(C)c2C)[S@](=O)CC(N)=O)cc(C)c1C. The third-order valence-corrected chi connectivity index (χ3v) is 7.24. The summed E-state index contributed by atoms with van der Waals surface area (Å²) in [5.41, 5.74) is 13.1. The van der Waals surface area contributed by atoms with E-state index in [1.54, 1.807) is 0 Å². The van der Waals surface area contributed by atoms with Gasteiger partial charge in [0.1, 0.15) is 5.75 Å². The van der Waals surface area contributed by atoms with Crippen molar-refractivity contribution in [3.05, 3.63) is 69.3 Å². The molecule has 3 nitrogen and oxygen atoms in total. The average molecular weight is 358 g/mol. The summed E-state index contributed by atoms with van der Waals surface area (Å²) in [4.78, 5) is 11.5. The van der Waals surface area contributed by atoms with E-state index in [1.165, 1.54) is 5.56 Å². The largest absolute Gasteiger partial charge is 0.369 e. The molecule has 2 aromatic carbocycles. The highest BCUT2D eigenvalue weighted by Crippen LogP contribution is 2.39. The highest BCUT2D eigenvalue weighted by molar-refractivity contribution is 7.87. The van der Waals surface area contributed by atoms with Crippen LogP contribution in [0.4, 0.5) is 0 Å². The summed E-state index contributed by atoms with van der Waals surface area (Å²) >= 11 is 0. The molecule has 0 bridgehead atoms. The molecule has 25 heavy (non-hydrogen) atoms. The zero-order valence-corrected chi connectivity index (χ0v) is 16.7. The van der Waals surface area contributed by atoms with Gasteiger partial charge < -0.3 is 5.73 Å². The van der Waals surface area contributed by atoms with Gasteiger partial charge in [0.25, 0.3) is 0 Å². The third kappa shape index (κ3) is 3.54. The highest BCUT2D eigenvalue weighted by atomic mass is 32.2.